The first kappa shape index (κ1) is 17.7. The highest BCUT2D eigenvalue weighted by molar-refractivity contribution is 6.35. The van der Waals surface area contributed by atoms with Crippen molar-refractivity contribution in [1.29, 1.82) is 0 Å². The van der Waals surface area contributed by atoms with Gasteiger partial charge in [0.05, 0.1) is 13.2 Å². The van der Waals surface area contributed by atoms with Crippen molar-refractivity contribution in [1.82, 2.24) is 9.88 Å². The first-order valence-corrected chi connectivity index (χ1v) is 10.4. The number of amides is 1. The minimum absolute atomic E-state index is 0.00564. The molecular formula is C23H27N3O2. The van der Waals surface area contributed by atoms with Gasteiger partial charge in [0.2, 0.25) is 0 Å². The monoisotopic (exact) mass is 377 g/mol. The predicted molar refractivity (Wildman–Crippen MR) is 111 cm³/mol. The Balaban J connectivity index is 1.39. The highest BCUT2D eigenvalue weighted by Gasteiger charge is 2.25. The Morgan fingerprint density at radius 3 is 2.89 bits per heavy atom. The zero-order valence-corrected chi connectivity index (χ0v) is 16.2. The lowest BCUT2D eigenvalue weighted by Crippen LogP contribution is -2.37. The van der Waals surface area contributed by atoms with Crippen molar-refractivity contribution >= 4 is 23.2 Å². The fraction of sp³-hybridized carbons (Fsp3) is 0.435. The fourth-order valence-corrected chi connectivity index (χ4v) is 4.57. The first-order valence-electron chi connectivity index (χ1n) is 10.4. The number of fused-ring (bicyclic) bond motifs is 2. The topological polar surface area (TPSA) is 57.4 Å². The molecule has 0 radical (unpaired) electrons. The molecular weight excluding hydrogens is 350 g/mol. The smallest absolute Gasteiger partial charge is 0.256 e. The molecule has 3 aliphatic rings. The lowest BCUT2D eigenvalue weighted by molar-refractivity contribution is -0.110. The summed E-state index contributed by atoms with van der Waals surface area (Å²) in [6, 6.07) is 6.38. The zero-order chi connectivity index (χ0) is 18.9. The van der Waals surface area contributed by atoms with Gasteiger partial charge >= 0.3 is 0 Å². The Morgan fingerprint density at radius 1 is 1.14 bits per heavy atom. The number of hydrogen-bond donors (Lipinski definition) is 2. The van der Waals surface area contributed by atoms with Crippen LogP contribution in [0.1, 0.15) is 40.8 Å². The molecule has 28 heavy (non-hydrogen) atoms. The molecule has 0 unspecified atom stereocenters. The van der Waals surface area contributed by atoms with Crippen LogP contribution in [-0.2, 0) is 28.8 Å². The lowest BCUT2D eigenvalue weighted by atomic mass is 9.93. The molecule has 2 aliphatic heterocycles. The van der Waals surface area contributed by atoms with Crippen LogP contribution in [0.2, 0.25) is 0 Å². The second-order valence-electron chi connectivity index (χ2n) is 8.00. The summed E-state index contributed by atoms with van der Waals surface area (Å²) < 4.78 is 5.43. The third kappa shape index (κ3) is 3.40. The maximum atomic E-state index is 12.6. The molecule has 146 valence electrons. The molecule has 5 rings (SSSR count). The Bertz CT molecular complexity index is 922. The molecule has 0 atom stereocenters. The van der Waals surface area contributed by atoms with Crippen LogP contribution in [0.5, 0.6) is 0 Å². The highest BCUT2D eigenvalue weighted by atomic mass is 16.5. The van der Waals surface area contributed by atoms with Gasteiger partial charge in [-0.15, -0.1) is 0 Å². The van der Waals surface area contributed by atoms with Gasteiger partial charge in [0.15, 0.2) is 0 Å². The van der Waals surface area contributed by atoms with Crippen molar-refractivity contribution in [3.63, 3.8) is 0 Å². The van der Waals surface area contributed by atoms with Crippen molar-refractivity contribution in [2.45, 2.75) is 32.1 Å². The molecule has 1 aromatic heterocycles. The predicted octanol–water partition coefficient (Wildman–Crippen LogP) is 3.26. The summed E-state index contributed by atoms with van der Waals surface area (Å²) in [6.45, 7) is 4.71. The van der Waals surface area contributed by atoms with E-state index in [0.717, 1.165) is 68.9 Å². The average Bonchev–Trinajstić information content (AvgIpc) is 3.28. The van der Waals surface area contributed by atoms with Gasteiger partial charge in [-0.1, -0.05) is 6.07 Å². The van der Waals surface area contributed by atoms with Gasteiger partial charge in [-0.05, 0) is 67.0 Å². The number of morpholine rings is 1. The molecule has 1 saturated heterocycles. The SMILES string of the molecule is O=C1Nc2ccc(CCN3CCOCC3)cc2C1=Cc1c[nH]c2c1CCCC2. The zero-order valence-electron chi connectivity index (χ0n) is 16.2. The van der Waals surface area contributed by atoms with E-state index in [1.807, 2.05) is 0 Å². The van der Waals surface area contributed by atoms with Gasteiger partial charge in [0.25, 0.3) is 5.91 Å². The van der Waals surface area contributed by atoms with E-state index >= 15 is 0 Å². The highest BCUT2D eigenvalue weighted by Crippen LogP contribution is 2.35. The van der Waals surface area contributed by atoms with E-state index in [9.17, 15) is 4.79 Å². The molecule has 0 spiro atoms. The number of hydrogen-bond acceptors (Lipinski definition) is 3. The molecule has 2 aromatic rings. The van der Waals surface area contributed by atoms with Crippen molar-refractivity contribution in [2.24, 2.45) is 0 Å². The van der Waals surface area contributed by atoms with Crippen molar-refractivity contribution in [2.75, 3.05) is 38.2 Å². The second-order valence-corrected chi connectivity index (χ2v) is 8.00. The molecule has 3 heterocycles. The Hall–Kier alpha value is -2.37. The summed E-state index contributed by atoms with van der Waals surface area (Å²) in [4.78, 5) is 18.5. The molecule has 2 N–H and O–H groups in total. The second kappa shape index (κ2) is 7.57. The van der Waals surface area contributed by atoms with E-state index in [0.29, 0.717) is 0 Å². The van der Waals surface area contributed by atoms with Crippen molar-refractivity contribution < 1.29 is 9.53 Å². The van der Waals surface area contributed by atoms with E-state index in [4.69, 9.17) is 4.74 Å². The summed E-state index contributed by atoms with van der Waals surface area (Å²) in [5, 5.41) is 3.03. The van der Waals surface area contributed by atoms with Gasteiger partial charge in [-0.3, -0.25) is 9.69 Å². The molecule has 0 saturated carbocycles. The maximum Gasteiger partial charge on any atom is 0.256 e. The van der Waals surface area contributed by atoms with Crippen LogP contribution in [0.25, 0.3) is 11.6 Å². The van der Waals surface area contributed by atoms with E-state index in [1.165, 1.54) is 35.2 Å². The molecule has 1 aromatic carbocycles. The van der Waals surface area contributed by atoms with Crippen LogP contribution in [0.3, 0.4) is 0 Å². The Kier molecular flexibility index (Phi) is 4.79. The number of rotatable bonds is 4. The number of H-pyrrole nitrogens is 1. The molecule has 0 bridgehead atoms. The summed E-state index contributed by atoms with van der Waals surface area (Å²) in [7, 11) is 0. The summed E-state index contributed by atoms with van der Waals surface area (Å²) in [6.07, 6.45) is 9.84. The molecule has 5 heteroatoms. The Morgan fingerprint density at radius 2 is 2.00 bits per heavy atom. The third-order valence-corrected chi connectivity index (χ3v) is 6.21. The van der Waals surface area contributed by atoms with Crippen LogP contribution in [-0.4, -0.2) is 48.6 Å². The van der Waals surface area contributed by atoms with Gasteiger partial charge in [-0.2, -0.15) is 0 Å². The number of carbonyl (C=O) groups is 1. The number of benzene rings is 1. The summed E-state index contributed by atoms with van der Waals surface area (Å²) in [5.74, 6) is 0.00564. The first-order chi connectivity index (χ1) is 13.8. The minimum Gasteiger partial charge on any atom is -0.379 e. The van der Waals surface area contributed by atoms with E-state index in [2.05, 4.69) is 45.7 Å². The summed E-state index contributed by atoms with van der Waals surface area (Å²) >= 11 is 0. The number of carbonyl (C=O) groups excluding carboxylic acids is 1. The van der Waals surface area contributed by atoms with Gasteiger partial charge in [-0.25, -0.2) is 0 Å². The average molecular weight is 377 g/mol. The number of anilines is 1. The van der Waals surface area contributed by atoms with E-state index < -0.39 is 0 Å². The number of nitrogens with zero attached hydrogens (tertiary/aromatic N) is 1. The standard InChI is InChI=1S/C23H27N3O2/c27-23-20(14-17-15-24-21-4-2-1-3-18(17)21)19-13-16(5-6-22(19)25-23)7-8-26-9-11-28-12-10-26/h5-6,13-15,24H,1-4,7-12H2,(H,25,27). The van der Waals surface area contributed by atoms with Crippen LogP contribution in [0.4, 0.5) is 5.69 Å². The van der Waals surface area contributed by atoms with E-state index in [1.54, 1.807) is 0 Å². The Labute approximate surface area is 165 Å². The summed E-state index contributed by atoms with van der Waals surface area (Å²) in [5.41, 5.74) is 7.94. The van der Waals surface area contributed by atoms with Crippen LogP contribution in [0.15, 0.2) is 24.4 Å². The minimum atomic E-state index is 0.00564. The van der Waals surface area contributed by atoms with E-state index in [-0.39, 0.29) is 5.91 Å². The number of aromatic nitrogens is 1. The van der Waals surface area contributed by atoms with Gasteiger partial charge in [0.1, 0.15) is 0 Å². The normalized spacial score (nSPS) is 20.9. The van der Waals surface area contributed by atoms with Crippen LogP contribution >= 0.6 is 0 Å². The number of nitrogens with one attached hydrogen (secondary N) is 2. The quantitative estimate of drug-likeness (QED) is 0.804. The van der Waals surface area contributed by atoms with Gasteiger partial charge < -0.3 is 15.0 Å². The van der Waals surface area contributed by atoms with Crippen molar-refractivity contribution in [3.05, 3.63) is 52.3 Å². The van der Waals surface area contributed by atoms with Crippen LogP contribution < -0.4 is 5.32 Å². The third-order valence-electron chi connectivity index (χ3n) is 6.21. The van der Waals surface area contributed by atoms with Crippen LogP contribution in [0, 0.1) is 0 Å². The molecule has 5 nitrogen and oxygen atoms in total. The molecule has 1 amide bonds. The maximum absolute atomic E-state index is 12.6. The largest absolute Gasteiger partial charge is 0.379 e. The molecule has 1 aliphatic carbocycles. The lowest BCUT2D eigenvalue weighted by Gasteiger charge is -2.26. The molecule has 1 fully saturated rings. The number of aromatic amines is 1. The number of aryl methyl sites for hydroxylation is 1. The fourth-order valence-electron chi connectivity index (χ4n) is 4.57. The van der Waals surface area contributed by atoms with Crippen molar-refractivity contribution in [3.8, 4) is 0 Å². The van der Waals surface area contributed by atoms with Gasteiger partial charge in [0, 0.05) is 48.3 Å². The number of ether oxygens (including phenoxy) is 1.